The molecule has 0 aliphatic rings. The van der Waals surface area contributed by atoms with Gasteiger partial charge < -0.3 is 10.6 Å². The Labute approximate surface area is 118 Å². The Morgan fingerprint density at radius 1 is 1.21 bits per heavy atom. The fraction of sp³-hybridized carbons (Fsp3) is 0.357. The first-order valence-electron chi connectivity index (χ1n) is 6.19. The van der Waals surface area contributed by atoms with Gasteiger partial charge in [-0.1, -0.05) is 12.1 Å². The van der Waals surface area contributed by atoms with E-state index in [2.05, 4.69) is 60.2 Å². The van der Waals surface area contributed by atoms with E-state index >= 15 is 0 Å². The summed E-state index contributed by atoms with van der Waals surface area (Å²) in [5.74, 6) is 0. The van der Waals surface area contributed by atoms with Crippen molar-refractivity contribution >= 4 is 22.2 Å². The molecule has 0 aliphatic carbocycles. The summed E-state index contributed by atoms with van der Waals surface area (Å²) < 4.78 is 0. The van der Waals surface area contributed by atoms with Crippen LogP contribution in [0.4, 0.5) is 10.8 Å². The molecule has 0 saturated carbocycles. The molecule has 0 bridgehead atoms. The first-order chi connectivity index (χ1) is 9.04. The predicted octanol–water partition coefficient (Wildman–Crippen LogP) is 2.42. The minimum atomic E-state index is 0.637. The zero-order valence-electron chi connectivity index (χ0n) is 11.6. The van der Waals surface area contributed by atoms with Gasteiger partial charge in [0.2, 0.25) is 0 Å². The van der Waals surface area contributed by atoms with Crippen LogP contribution in [0.1, 0.15) is 10.4 Å². The lowest BCUT2D eigenvalue weighted by molar-refractivity contribution is 0.322. The van der Waals surface area contributed by atoms with Crippen LogP contribution in [0, 0.1) is 0 Å². The number of nitrogen functional groups attached to an aromatic ring is 1. The van der Waals surface area contributed by atoms with Gasteiger partial charge in [0.05, 0.1) is 0 Å². The number of hydrogen-bond acceptors (Lipinski definition) is 5. The highest BCUT2D eigenvalue weighted by atomic mass is 32.1. The molecule has 1 aromatic heterocycles. The van der Waals surface area contributed by atoms with Crippen molar-refractivity contribution in [3.8, 4) is 0 Å². The number of benzene rings is 1. The lowest BCUT2D eigenvalue weighted by Gasteiger charge is -2.18. The zero-order valence-corrected chi connectivity index (χ0v) is 12.4. The van der Waals surface area contributed by atoms with Gasteiger partial charge in [-0.2, -0.15) is 0 Å². The number of nitrogens with zero attached hydrogens (tertiary/aromatic N) is 3. The Balaban J connectivity index is 1.98. The Kier molecular flexibility index (Phi) is 4.39. The molecule has 0 saturated heterocycles. The van der Waals surface area contributed by atoms with Crippen molar-refractivity contribution < 1.29 is 0 Å². The monoisotopic (exact) mass is 276 g/mol. The average molecular weight is 276 g/mol. The van der Waals surface area contributed by atoms with E-state index in [0.29, 0.717) is 5.13 Å². The van der Waals surface area contributed by atoms with Crippen LogP contribution in [-0.2, 0) is 13.1 Å². The van der Waals surface area contributed by atoms with Gasteiger partial charge in [0.1, 0.15) is 0 Å². The van der Waals surface area contributed by atoms with Gasteiger partial charge in [0.15, 0.2) is 5.13 Å². The molecule has 4 nitrogen and oxygen atoms in total. The van der Waals surface area contributed by atoms with Crippen LogP contribution in [0.2, 0.25) is 0 Å². The Morgan fingerprint density at radius 3 is 2.63 bits per heavy atom. The third kappa shape index (κ3) is 3.94. The van der Waals surface area contributed by atoms with E-state index in [0.717, 1.165) is 13.1 Å². The molecule has 0 aliphatic heterocycles. The molecule has 5 heteroatoms. The van der Waals surface area contributed by atoms with Gasteiger partial charge in [-0.25, -0.2) is 4.98 Å². The Bertz CT molecular complexity index is 536. The topological polar surface area (TPSA) is 45.4 Å². The highest BCUT2D eigenvalue weighted by molar-refractivity contribution is 7.15. The number of thiazole rings is 1. The van der Waals surface area contributed by atoms with E-state index in [9.17, 15) is 0 Å². The second-order valence-electron chi connectivity index (χ2n) is 4.90. The lowest BCUT2D eigenvalue weighted by Crippen LogP contribution is -2.17. The van der Waals surface area contributed by atoms with E-state index in [1.165, 1.54) is 16.1 Å². The van der Waals surface area contributed by atoms with E-state index < -0.39 is 0 Å². The zero-order chi connectivity index (χ0) is 13.8. The van der Waals surface area contributed by atoms with Crippen molar-refractivity contribution in [1.82, 2.24) is 9.88 Å². The maximum atomic E-state index is 5.64. The SMILES string of the molecule is CN(Cc1cccc(N(C)C)c1)Cc1cnc(N)s1. The first-order valence-corrected chi connectivity index (χ1v) is 7.01. The molecular weight excluding hydrogens is 256 g/mol. The van der Waals surface area contributed by atoms with Gasteiger partial charge in [0, 0.05) is 43.9 Å². The molecule has 0 unspecified atom stereocenters. The maximum Gasteiger partial charge on any atom is 0.180 e. The predicted molar refractivity (Wildman–Crippen MR) is 82.5 cm³/mol. The second-order valence-corrected chi connectivity index (χ2v) is 6.05. The summed E-state index contributed by atoms with van der Waals surface area (Å²) in [4.78, 5) is 9.66. The molecule has 19 heavy (non-hydrogen) atoms. The lowest BCUT2D eigenvalue weighted by atomic mass is 10.2. The summed E-state index contributed by atoms with van der Waals surface area (Å²) in [6, 6.07) is 8.60. The Morgan fingerprint density at radius 2 is 2.00 bits per heavy atom. The molecule has 2 aromatic rings. The number of rotatable bonds is 5. The van der Waals surface area contributed by atoms with Crippen molar-refractivity contribution in [1.29, 1.82) is 0 Å². The first kappa shape index (κ1) is 13.8. The van der Waals surface area contributed by atoms with Gasteiger partial charge in [-0.15, -0.1) is 11.3 Å². The van der Waals surface area contributed by atoms with Gasteiger partial charge in [-0.3, -0.25) is 4.90 Å². The molecule has 2 N–H and O–H groups in total. The number of aromatic nitrogens is 1. The minimum Gasteiger partial charge on any atom is -0.378 e. The van der Waals surface area contributed by atoms with Gasteiger partial charge >= 0.3 is 0 Å². The maximum absolute atomic E-state index is 5.64. The molecular formula is C14H20N4S. The standard InChI is InChI=1S/C14H20N4S/c1-17(2)12-6-4-5-11(7-12)9-18(3)10-13-8-16-14(15)19-13/h4-8H,9-10H2,1-3H3,(H2,15,16). The minimum absolute atomic E-state index is 0.637. The van der Waals surface area contributed by atoms with Crippen LogP contribution in [0.15, 0.2) is 30.5 Å². The van der Waals surface area contributed by atoms with Crippen LogP contribution >= 0.6 is 11.3 Å². The van der Waals surface area contributed by atoms with E-state index in [-0.39, 0.29) is 0 Å². The van der Waals surface area contributed by atoms with Crippen LogP contribution in [0.25, 0.3) is 0 Å². The third-order valence-electron chi connectivity index (χ3n) is 2.88. The third-order valence-corrected chi connectivity index (χ3v) is 3.69. The van der Waals surface area contributed by atoms with Crippen molar-refractivity contribution in [3.05, 3.63) is 40.9 Å². The van der Waals surface area contributed by atoms with Gasteiger partial charge in [0.25, 0.3) is 0 Å². The second kappa shape index (κ2) is 6.04. The fourth-order valence-electron chi connectivity index (χ4n) is 1.96. The molecule has 0 fully saturated rings. The summed E-state index contributed by atoms with van der Waals surface area (Å²) >= 11 is 1.55. The fourth-order valence-corrected chi connectivity index (χ4v) is 2.73. The summed E-state index contributed by atoms with van der Waals surface area (Å²) in [5.41, 5.74) is 8.18. The Hall–Kier alpha value is -1.59. The number of hydrogen-bond donors (Lipinski definition) is 1. The molecule has 0 spiro atoms. The van der Waals surface area contributed by atoms with Crippen molar-refractivity contribution in [2.75, 3.05) is 31.8 Å². The molecule has 1 heterocycles. The van der Waals surface area contributed by atoms with Crippen LogP contribution < -0.4 is 10.6 Å². The summed E-state index contributed by atoms with van der Waals surface area (Å²) in [6.07, 6.45) is 1.85. The molecule has 0 atom stereocenters. The molecule has 0 radical (unpaired) electrons. The highest BCUT2D eigenvalue weighted by Crippen LogP contribution is 2.18. The summed E-state index contributed by atoms with van der Waals surface area (Å²) in [6.45, 7) is 1.79. The molecule has 2 rings (SSSR count). The number of nitrogens with two attached hydrogens (primary N) is 1. The molecule has 0 amide bonds. The highest BCUT2D eigenvalue weighted by Gasteiger charge is 2.05. The van der Waals surface area contributed by atoms with Crippen LogP contribution in [-0.4, -0.2) is 31.0 Å². The van der Waals surface area contributed by atoms with Gasteiger partial charge in [-0.05, 0) is 24.7 Å². The van der Waals surface area contributed by atoms with E-state index in [4.69, 9.17) is 5.73 Å². The normalized spacial score (nSPS) is 10.9. The van der Waals surface area contributed by atoms with Crippen molar-refractivity contribution in [2.24, 2.45) is 0 Å². The van der Waals surface area contributed by atoms with Crippen molar-refractivity contribution in [3.63, 3.8) is 0 Å². The molecule has 102 valence electrons. The molecule has 1 aromatic carbocycles. The van der Waals surface area contributed by atoms with Crippen LogP contribution in [0.5, 0.6) is 0 Å². The summed E-state index contributed by atoms with van der Waals surface area (Å²) in [7, 11) is 6.23. The number of anilines is 2. The van der Waals surface area contributed by atoms with Crippen LogP contribution in [0.3, 0.4) is 0 Å². The summed E-state index contributed by atoms with van der Waals surface area (Å²) in [5, 5.41) is 0.637. The van der Waals surface area contributed by atoms with Crippen molar-refractivity contribution in [2.45, 2.75) is 13.1 Å². The average Bonchev–Trinajstić information content (AvgIpc) is 2.74. The smallest absolute Gasteiger partial charge is 0.180 e. The largest absolute Gasteiger partial charge is 0.378 e. The van der Waals surface area contributed by atoms with E-state index in [1.54, 1.807) is 11.3 Å². The quantitative estimate of drug-likeness (QED) is 0.911. The van der Waals surface area contributed by atoms with E-state index in [1.807, 2.05) is 6.20 Å².